The summed E-state index contributed by atoms with van der Waals surface area (Å²) >= 11 is 0. The molecule has 0 aliphatic heterocycles. The first-order valence-electron chi connectivity index (χ1n) is 11.9. The largest absolute Gasteiger partial charge is 0.491 e. The molecule has 6 heteroatoms. The molecule has 0 heterocycles. The summed E-state index contributed by atoms with van der Waals surface area (Å²) in [5.41, 5.74) is 4.52. The van der Waals surface area contributed by atoms with Crippen LogP contribution in [0.1, 0.15) is 25.0 Å². The minimum Gasteiger partial charge on any atom is -0.491 e. The minimum atomic E-state index is -0.636. The zero-order chi connectivity index (χ0) is 24.2. The molecule has 0 spiro atoms. The molecule has 34 heavy (non-hydrogen) atoms. The van der Waals surface area contributed by atoms with Crippen molar-refractivity contribution in [2.75, 3.05) is 36.9 Å². The molecule has 0 amide bonds. The predicted octanol–water partition coefficient (Wildman–Crippen LogP) is 4.52. The van der Waals surface area contributed by atoms with Gasteiger partial charge in [0, 0.05) is 24.5 Å². The second-order valence-electron chi connectivity index (χ2n) is 8.26. The van der Waals surface area contributed by atoms with Gasteiger partial charge in [0.1, 0.15) is 36.9 Å². The maximum atomic E-state index is 10.2. The Morgan fingerprint density at radius 2 is 0.941 bits per heavy atom. The lowest BCUT2D eigenvalue weighted by molar-refractivity contribution is 0.115. The molecule has 3 aromatic rings. The van der Waals surface area contributed by atoms with Crippen LogP contribution in [0.2, 0.25) is 0 Å². The summed E-state index contributed by atoms with van der Waals surface area (Å²) in [6.07, 6.45) is 0.740. The fourth-order valence-electron chi connectivity index (χ4n) is 3.32. The van der Waals surface area contributed by atoms with E-state index >= 15 is 0 Å². The topological polar surface area (TPSA) is 83.0 Å². The number of rotatable bonds is 14. The number of hydrogen-bond acceptors (Lipinski definition) is 6. The zero-order valence-corrected chi connectivity index (χ0v) is 20.0. The normalized spacial score (nSPS) is 12.6. The Balaban J connectivity index is 1.32. The van der Waals surface area contributed by atoms with Gasteiger partial charge in [0.2, 0.25) is 0 Å². The molecule has 3 rings (SSSR count). The highest BCUT2D eigenvalue weighted by atomic mass is 16.5. The lowest BCUT2D eigenvalue weighted by atomic mass is 10.1. The zero-order valence-electron chi connectivity index (χ0n) is 20.0. The van der Waals surface area contributed by atoms with Crippen LogP contribution < -0.4 is 20.1 Å². The summed E-state index contributed by atoms with van der Waals surface area (Å²) in [4.78, 5) is 0. The summed E-state index contributed by atoms with van der Waals surface area (Å²) < 4.78 is 11.3. The van der Waals surface area contributed by atoms with E-state index in [1.807, 2.05) is 24.3 Å². The van der Waals surface area contributed by atoms with Crippen molar-refractivity contribution in [1.29, 1.82) is 0 Å². The maximum Gasteiger partial charge on any atom is 0.119 e. The summed E-state index contributed by atoms with van der Waals surface area (Å²) in [6.45, 7) is 5.42. The first kappa shape index (κ1) is 25.4. The summed E-state index contributed by atoms with van der Waals surface area (Å²) in [6, 6.07) is 23.5. The summed E-state index contributed by atoms with van der Waals surface area (Å²) in [5, 5.41) is 26.8. The molecule has 0 aromatic heterocycles. The van der Waals surface area contributed by atoms with Crippen LogP contribution in [0.15, 0.2) is 72.8 Å². The van der Waals surface area contributed by atoms with E-state index in [4.69, 9.17) is 9.47 Å². The molecule has 0 saturated heterocycles. The molecule has 6 nitrogen and oxygen atoms in total. The van der Waals surface area contributed by atoms with Crippen molar-refractivity contribution in [2.45, 2.75) is 38.9 Å². The molecule has 2 atom stereocenters. The van der Waals surface area contributed by atoms with Crippen LogP contribution in [0.25, 0.3) is 0 Å². The van der Waals surface area contributed by atoms with Crippen molar-refractivity contribution in [1.82, 2.24) is 0 Å². The van der Waals surface area contributed by atoms with Gasteiger partial charge in [-0.2, -0.15) is 0 Å². The second kappa shape index (κ2) is 13.5. The molecule has 0 radical (unpaired) electrons. The highest BCUT2D eigenvalue weighted by molar-refractivity contribution is 5.45. The second-order valence-corrected chi connectivity index (χ2v) is 8.26. The fraction of sp³-hybridized carbons (Fsp3) is 0.357. The average molecular weight is 465 g/mol. The number of aliphatic hydroxyl groups excluding tert-OH is 2. The Morgan fingerprint density at radius 1 is 0.588 bits per heavy atom. The van der Waals surface area contributed by atoms with Gasteiger partial charge in [0.15, 0.2) is 0 Å². The van der Waals surface area contributed by atoms with Crippen molar-refractivity contribution in [3.63, 3.8) is 0 Å². The lowest BCUT2D eigenvalue weighted by Crippen LogP contribution is -2.26. The Morgan fingerprint density at radius 3 is 1.26 bits per heavy atom. The molecule has 0 unspecified atom stereocenters. The number of anilines is 2. The Hall–Kier alpha value is -3.22. The minimum absolute atomic E-state index is 0.184. The Labute approximate surface area is 202 Å². The number of nitrogens with one attached hydrogen (secondary N) is 2. The van der Waals surface area contributed by atoms with Gasteiger partial charge in [-0.05, 0) is 72.5 Å². The van der Waals surface area contributed by atoms with Crippen molar-refractivity contribution in [2.24, 2.45) is 0 Å². The molecular weight excluding hydrogens is 428 g/mol. The molecule has 0 aliphatic rings. The molecule has 0 saturated carbocycles. The highest BCUT2D eigenvalue weighted by Gasteiger charge is 2.08. The van der Waals surface area contributed by atoms with E-state index in [0.717, 1.165) is 24.2 Å². The van der Waals surface area contributed by atoms with Crippen molar-refractivity contribution in [3.8, 4) is 11.5 Å². The van der Waals surface area contributed by atoms with Gasteiger partial charge in [-0.3, -0.25) is 0 Å². The van der Waals surface area contributed by atoms with Crippen LogP contribution in [0.4, 0.5) is 11.4 Å². The van der Waals surface area contributed by atoms with E-state index in [1.165, 1.54) is 11.1 Å². The number of aryl methyl sites for hydroxylation is 2. The highest BCUT2D eigenvalue weighted by Crippen LogP contribution is 2.18. The molecule has 0 aliphatic carbocycles. The number of benzene rings is 3. The van der Waals surface area contributed by atoms with Crippen LogP contribution in [-0.2, 0) is 12.8 Å². The van der Waals surface area contributed by atoms with E-state index in [2.05, 4.69) is 48.7 Å². The Kier molecular flexibility index (Phi) is 10.1. The monoisotopic (exact) mass is 464 g/mol. The SMILES string of the molecule is CCc1ccc(NC[C@@H](O)COc2ccc(OC[C@@H](O)CNc3ccc(CC)cc3)cc2)cc1. The van der Waals surface area contributed by atoms with Gasteiger partial charge in [-0.1, -0.05) is 38.1 Å². The smallest absolute Gasteiger partial charge is 0.119 e. The fourth-order valence-corrected chi connectivity index (χ4v) is 3.32. The van der Waals surface area contributed by atoms with Crippen molar-refractivity contribution in [3.05, 3.63) is 83.9 Å². The van der Waals surface area contributed by atoms with Crippen LogP contribution in [-0.4, -0.2) is 48.7 Å². The predicted molar refractivity (Wildman–Crippen MR) is 138 cm³/mol. The van der Waals surface area contributed by atoms with Crippen LogP contribution >= 0.6 is 0 Å². The van der Waals surface area contributed by atoms with E-state index in [0.29, 0.717) is 24.6 Å². The van der Waals surface area contributed by atoms with Crippen LogP contribution in [0.5, 0.6) is 11.5 Å². The lowest BCUT2D eigenvalue weighted by Gasteiger charge is -2.16. The molecule has 4 N–H and O–H groups in total. The van der Waals surface area contributed by atoms with E-state index in [-0.39, 0.29) is 13.2 Å². The summed E-state index contributed by atoms with van der Waals surface area (Å²) in [7, 11) is 0. The number of hydrogen-bond donors (Lipinski definition) is 4. The molecular formula is C28H36N2O4. The number of ether oxygens (including phenoxy) is 2. The van der Waals surface area contributed by atoms with Gasteiger partial charge in [-0.25, -0.2) is 0 Å². The van der Waals surface area contributed by atoms with Crippen LogP contribution in [0.3, 0.4) is 0 Å². The molecule has 182 valence electrons. The quantitative estimate of drug-likeness (QED) is 0.281. The van der Waals surface area contributed by atoms with E-state index in [9.17, 15) is 10.2 Å². The summed E-state index contributed by atoms with van der Waals surface area (Å²) in [5.74, 6) is 1.30. The first-order chi connectivity index (χ1) is 16.6. The van der Waals surface area contributed by atoms with E-state index in [1.54, 1.807) is 24.3 Å². The van der Waals surface area contributed by atoms with Gasteiger partial charge in [-0.15, -0.1) is 0 Å². The third-order valence-electron chi connectivity index (χ3n) is 5.52. The van der Waals surface area contributed by atoms with E-state index < -0.39 is 12.2 Å². The standard InChI is InChI=1S/C28H36N2O4/c1-3-21-5-9-23(10-6-21)29-17-25(31)19-33-27-13-15-28(16-14-27)34-20-26(32)18-30-24-11-7-22(4-2)8-12-24/h5-16,25-26,29-32H,3-4,17-20H2,1-2H3/t25-,26+. The third kappa shape index (κ3) is 8.61. The van der Waals surface area contributed by atoms with Gasteiger partial charge in [0.25, 0.3) is 0 Å². The molecule has 0 fully saturated rings. The first-order valence-corrected chi connectivity index (χ1v) is 11.9. The van der Waals surface area contributed by atoms with Crippen molar-refractivity contribution >= 4 is 11.4 Å². The van der Waals surface area contributed by atoms with Crippen molar-refractivity contribution < 1.29 is 19.7 Å². The molecule has 3 aromatic carbocycles. The third-order valence-corrected chi connectivity index (χ3v) is 5.52. The maximum absolute atomic E-state index is 10.2. The van der Waals surface area contributed by atoms with Gasteiger partial charge >= 0.3 is 0 Å². The average Bonchev–Trinajstić information content (AvgIpc) is 2.89. The number of aliphatic hydroxyl groups is 2. The van der Waals surface area contributed by atoms with Crippen LogP contribution in [0, 0.1) is 0 Å². The van der Waals surface area contributed by atoms with Gasteiger partial charge in [0.05, 0.1) is 0 Å². The molecule has 0 bridgehead atoms. The Bertz CT molecular complexity index is 879. The van der Waals surface area contributed by atoms with Gasteiger partial charge < -0.3 is 30.3 Å².